The molecule has 0 saturated heterocycles. The lowest BCUT2D eigenvalue weighted by atomic mass is 10.0. The van der Waals surface area contributed by atoms with E-state index in [1.165, 1.54) is 0 Å². The van der Waals surface area contributed by atoms with E-state index in [0.29, 0.717) is 18.2 Å². The van der Waals surface area contributed by atoms with Crippen molar-refractivity contribution in [2.24, 2.45) is 0 Å². The molecule has 1 unspecified atom stereocenters. The molecule has 0 aromatic carbocycles. The lowest BCUT2D eigenvalue weighted by Gasteiger charge is -2.21. The maximum Gasteiger partial charge on any atom is 0.151 e. The third-order valence-corrected chi connectivity index (χ3v) is 3.43. The number of nitrogens with zero attached hydrogens (tertiary/aromatic N) is 1. The van der Waals surface area contributed by atoms with E-state index in [-0.39, 0.29) is 0 Å². The number of halogens is 1. The highest BCUT2D eigenvalue weighted by Crippen LogP contribution is 2.14. The first-order valence-corrected chi connectivity index (χ1v) is 7.02. The maximum atomic E-state index is 9.87. The van der Waals surface area contributed by atoms with Gasteiger partial charge >= 0.3 is 0 Å². The van der Waals surface area contributed by atoms with Gasteiger partial charge in [0, 0.05) is 19.5 Å². The van der Waals surface area contributed by atoms with E-state index in [1.807, 2.05) is 13.8 Å². The minimum atomic E-state index is -0.669. The van der Waals surface area contributed by atoms with E-state index in [9.17, 15) is 5.11 Å². The van der Waals surface area contributed by atoms with Crippen molar-refractivity contribution in [2.75, 3.05) is 6.54 Å². The van der Waals surface area contributed by atoms with Crippen LogP contribution in [0.5, 0.6) is 0 Å². The van der Waals surface area contributed by atoms with Crippen LogP contribution in [0.1, 0.15) is 51.6 Å². The number of unbranched alkanes of at least 4 members (excludes halogenated alkanes) is 1. The number of aromatic nitrogens is 2. The quantitative estimate of drug-likeness (QED) is 0.682. The van der Waals surface area contributed by atoms with Crippen molar-refractivity contribution < 1.29 is 5.11 Å². The van der Waals surface area contributed by atoms with Crippen molar-refractivity contribution in [1.29, 1.82) is 0 Å². The molecule has 0 saturated carbocycles. The second kappa shape index (κ2) is 7.12. The van der Waals surface area contributed by atoms with E-state index in [4.69, 9.17) is 11.6 Å². The van der Waals surface area contributed by atoms with Crippen molar-refractivity contribution in [3.8, 4) is 0 Å². The number of aryl methyl sites for hydroxylation is 1. The predicted molar refractivity (Wildman–Crippen MR) is 74.8 cm³/mol. The van der Waals surface area contributed by atoms with Crippen LogP contribution in [-0.2, 0) is 13.0 Å². The van der Waals surface area contributed by atoms with Crippen LogP contribution in [0.2, 0.25) is 5.15 Å². The Morgan fingerprint density at radius 1 is 1.44 bits per heavy atom. The number of nitrogens with one attached hydrogen (secondary N) is 2. The average Bonchev–Trinajstić information content (AvgIpc) is 2.67. The molecule has 0 aliphatic heterocycles. The molecule has 1 aromatic heterocycles. The number of hydrogen-bond donors (Lipinski definition) is 3. The van der Waals surface area contributed by atoms with Gasteiger partial charge in [-0.25, -0.2) is 4.98 Å². The molecule has 1 aromatic rings. The highest BCUT2D eigenvalue weighted by molar-refractivity contribution is 6.30. The SMILES string of the molecule is CCCCc1nc(Cl)c(CNCC(C)(O)CC)[nH]1. The molecule has 0 amide bonds. The van der Waals surface area contributed by atoms with Gasteiger partial charge in [0.2, 0.25) is 0 Å². The van der Waals surface area contributed by atoms with Gasteiger partial charge in [-0.3, -0.25) is 0 Å². The van der Waals surface area contributed by atoms with Crippen LogP contribution in [0, 0.1) is 0 Å². The topological polar surface area (TPSA) is 60.9 Å². The van der Waals surface area contributed by atoms with Crippen LogP contribution in [0.4, 0.5) is 0 Å². The monoisotopic (exact) mass is 273 g/mol. The van der Waals surface area contributed by atoms with Crippen molar-refractivity contribution in [2.45, 2.75) is 58.6 Å². The van der Waals surface area contributed by atoms with Crippen LogP contribution >= 0.6 is 11.6 Å². The molecule has 0 aliphatic rings. The van der Waals surface area contributed by atoms with Gasteiger partial charge in [0.15, 0.2) is 5.15 Å². The van der Waals surface area contributed by atoms with Gasteiger partial charge in [-0.2, -0.15) is 0 Å². The predicted octanol–water partition coefficient (Wildman–Crippen LogP) is 2.66. The molecule has 0 radical (unpaired) electrons. The van der Waals surface area contributed by atoms with Crippen LogP contribution in [0.15, 0.2) is 0 Å². The highest BCUT2D eigenvalue weighted by atomic mass is 35.5. The smallest absolute Gasteiger partial charge is 0.151 e. The van der Waals surface area contributed by atoms with Gasteiger partial charge in [-0.15, -0.1) is 0 Å². The molecule has 0 spiro atoms. The van der Waals surface area contributed by atoms with Crippen LogP contribution in [-0.4, -0.2) is 27.2 Å². The van der Waals surface area contributed by atoms with Crippen LogP contribution < -0.4 is 5.32 Å². The van der Waals surface area contributed by atoms with Crippen molar-refractivity contribution >= 4 is 11.6 Å². The number of aromatic amines is 1. The standard InChI is InChI=1S/C13H24ClN3O/c1-4-6-7-11-16-10(12(14)17-11)8-15-9-13(3,18)5-2/h15,18H,4-9H2,1-3H3,(H,16,17). The summed E-state index contributed by atoms with van der Waals surface area (Å²) in [5, 5.41) is 13.6. The molecule has 1 atom stereocenters. The molecule has 3 N–H and O–H groups in total. The Balaban J connectivity index is 2.44. The Kier molecular flexibility index (Phi) is 6.12. The molecule has 0 bridgehead atoms. The Morgan fingerprint density at radius 3 is 2.78 bits per heavy atom. The van der Waals surface area contributed by atoms with Crippen LogP contribution in [0.25, 0.3) is 0 Å². The Morgan fingerprint density at radius 2 is 2.17 bits per heavy atom. The number of hydrogen-bond acceptors (Lipinski definition) is 3. The summed E-state index contributed by atoms with van der Waals surface area (Å²) >= 11 is 6.06. The minimum Gasteiger partial charge on any atom is -0.389 e. The fourth-order valence-corrected chi connectivity index (χ4v) is 1.82. The van der Waals surface area contributed by atoms with Crippen molar-refractivity contribution in [3.05, 3.63) is 16.7 Å². The number of aliphatic hydroxyl groups is 1. The Bertz CT molecular complexity index is 363. The van der Waals surface area contributed by atoms with Gasteiger partial charge in [0.25, 0.3) is 0 Å². The highest BCUT2D eigenvalue weighted by Gasteiger charge is 2.17. The van der Waals surface area contributed by atoms with Crippen molar-refractivity contribution in [3.63, 3.8) is 0 Å². The zero-order valence-corrected chi connectivity index (χ0v) is 12.3. The number of imidazole rings is 1. The summed E-state index contributed by atoms with van der Waals surface area (Å²) in [5.74, 6) is 0.945. The molecule has 18 heavy (non-hydrogen) atoms. The molecule has 1 rings (SSSR count). The first kappa shape index (κ1) is 15.5. The van der Waals surface area contributed by atoms with E-state index < -0.39 is 5.60 Å². The summed E-state index contributed by atoms with van der Waals surface area (Å²) in [7, 11) is 0. The second-order valence-corrected chi connectivity index (χ2v) is 5.37. The van der Waals surface area contributed by atoms with Crippen LogP contribution in [0.3, 0.4) is 0 Å². The van der Waals surface area contributed by atoms with Gasteiger partial charge in [-0.05, 0) is 19.8 Å². The van der Waals surface area contributed by atoms with Gasteiger partial charge in [-0.1, -0.05) is 31.9 Å². The molecule has 5 heteroatoms. The first-order chi connectivity index (χ1) is 8.48. The van der Waals surface area contributed by atoms with Gasteiger partial charge in [0.1, 0.15) is 5.82 Å². The third-order valence-electron chi connectivity index (χ3n) is 3.11. The molecule has 0 fully saturated rings. The summed E-state index contributed by atoms with van der Waals surface area (Å²) < 4.78 is 0. The molecular formula is C13H24ClN3O. The third kappa shape index (κ3) is 4.96. The summed E-state index contributed by atoms with van der Waals surface area (Å²) in [5.41, 5.74) is 0.229. The molecule has 104 valence electrons. The van der Waals surface area contributed by atoms with Crippen molar-refractivity contribution in [1.82, 2.24) is 15.3 Å². The summed E-state index contributed by atoms with van der Waals surface area (Å²) in [6.45, 7) is 7.09. The maximum absolute atomic E-state index is 9.87. The van der Waals surface area contributed by atoms with E-state index in [2.05, 4.69) is 22.2 Å². The fraction of sp³-hybridized carbons (Fsp3) is 0.769. The summed E-state index contributed by atoms with van der Waals surface area (Å²) in [6.07, 6.45) is 3.91. The molecule has 4 nitrogen and oxygen atoms in total. The molecular weight excluding hydrogens is 250 g/mol. The number of rotatable bonds is 8. The van der Waals surface area contributed by atoms with Gasteiger partial charge < -0.3 is 15.4 Å². The Labute approximate surface area is 114 Å². The minimum absolute atomic E-state index is 0.532. The fourth-order valence-electron chi connectivity index (χ4n) is 1.60. The largest absolute Gasteiger partial charge is 0.389 e. The Hall–Kier alpha value is -0.580. The average molecular weight is 274 g/mol. The molecule has 0 aliphatic carbocycles. The zero-order valence-electron chi connectivity index (χ0n) is 11.5. The number of H-pyrrole nitrogens is 1. The second-order valence-electron chi connectivity index (χ2n) is 5.01. The van der Waals surface area contributed by atoms with E-state index in [0.717, 1.165) is 37.2 Å². The van der Waals surface area contributed by atoms with E-state index in [1.54, 1.807) is 0 Å². The first-order valence-electron chi connectivity index (χ1n) is 6.65. The summed E-state index contributed by atoms with van der Waals surface area (Å²) in [6, 6.07) is 0. The lowest BCUT2D eigenvalue weighted by molar-refractivity contribution is 0.0555. The zero-order chi connectivity index (χ0) is 13.6. The molecule has 1 heterocycles. The van der Waals surface area contributed by atoms with Gasteiger partial charge in [0.05, 0.1) is 11.3 Å². The van der Waals surface area contributed by atoms with E-state index >= 15 is 0 Å². The lowest BCUT2D eigenvalue weighted by Crippen LogP contribution is -2.36. The summed E-state index contributed by atoms with van der Waals surface area (Å²) in [4.78, 5) is 7.52. The normalized spacial score (nSPS) is 14.7.